The number of thiazole rings is 1. The van der Waals surface area contributed by atoms with Crippen molar-refractivity contribution < 1.29 is 9.21 Å². The zero-order valence-electron chi connectivity index (χ0n) is 13.0. The number of carbonyl (C=O) groups is 1. The van der Waals surface area contributed by atoms with Gasteiger partial charge in [0.1, 0.15) is 5.01 Å². The van der Waals surface area contributed by atoms with Crippen LogP contribution in [0.1, 0.15) is 5.69 Å². The lowest BCUT2D eigenvalue weighted by molar-refractivity contribution is -0.115. The normalized spacial score (nSPS) is 10.9. The zero-order valence-corrected chi connectivity index (χ0v) is 13.8. The highest BCUT2D eigenvalue weighted by Gasteiger charge is 2.10. The first kappa shape index (κ1) is 15.3. The van der Waals surface area contributed by atoms with E-state index in [1.54, 1.807) is 18.2 Å². The number of rotatable bonds is 4. The Kier molecular flexibility index (Phi) is 3.91. The molecule has 2 heterocycles. The summed E-state index contributed by atoms with van der Waals surface area (Å²) in [5.74, 6) is -0.698. The Morgan fingerprint density at radius 2 is 2.04 bits per heavy atom. The molecule has 0 aliphatic carbocycles. The average molecular weight is 351 g/mol. The van der Waals surface area contributed by atoms with Crippen LogP contribution in [0.5, 0.6) is 0 Å². The highest BCUT2D eigenvalue weighted by atomic mass is 32.1. The lowest BCUT2D eigenvalue weighted by Gasteiger charge is -2.03. The Morgan fingerprint density at radius 1 is 1.20 bits per heavy atom. The van der Waals surface area contributed by atoms with Gasteiger partial charge in [-0.25, -0.2) is 9.78 Å². The van der Waals surface area contributed by atoms with Crippen LogP contribution in [0, 0.1) is 0 Å². The van der Waals surface area contributed by atoms with Gasteiger partial charge in [0.2, 0.25) is 5.91 Å². The van der Waals surface area contributed by atoms with Crippen molar-refractivity contribution in [1.82, 2.24) is 9.97 Å². The van der Waals surface area contributed by atoms with E-state index >= 15 is 0 Å². The molecule has 0 unspecified atom stereocenters. The Morgan fingerprint density at radius 3 is 2.88 bits per heavy atom. The topological polar surface area (TPSA) is 88.0 Å². The van der Waals surface area contributed by atoms with E-state index < -0.39 is 5.76 Å². The van der Waals surface area contributed by atoms with Crippen molar-refractivity contribution in [1.29, 1.82) is 0 Å². The van der Waals surface area contributed by atoms with Crippen molar-refractivity contribution >= 4 is 34.0 Å². The molecule has 124 valence electrons. The Labute approximate surface area is 146 Å². The average Bonchev–Trinajstić information content (AvgIpc) is 3.21. The minimum atomic E-state index is -0.519. The summed E-state index contributed by atoms with van der Waals surface area (Å²) in [6.45, 7) is 0. The van der Waals surface area contributed by atoms with E-state index in [0.717, 1.165) is 16.3 Å². The standard InChI is InChI=1S/C18H13N3O3S/c22-16(19-12-6-7-14-15(8-12)24-18(23)21-14)9-13-10-25-17(20-13)11-4-2-1-3-5-11/h1-8,10H,9H2,(H,19,22)(H,21,23). The number of benzene rings is 2. The van der Waals surface area contributed by atoms with Crippen LogP contribution >= 0.6 is 11.3 Å². The van der Waals surface area contributed by atoms with Gasteiger partial charge in [0.05, 0.1) is 17.6 Å². The third-order valence-corrected chi connectivity index (χ3v) is 4.56. The summed E-state index contributed by atoms with van der Waals surface area (Å²) in [4.78, 5) is 30.5. The van der Waals surface area contributed by atoms with E-state index in [-0.39, 0.29) is 12.3 Å². The van der Waals surface area contributed by atoms with Crippen LogP contribution in [-0.4, -0.2) is 15.9 Å². The molecule has 0 atom stereocenters. The van der Waals surface area contributed by atoms with E-state index in [1.807, 2.05) is 35.7 Å². The van der Waals surface area contributed by atoms with Crippen molar-refractivity contribution in [3.63, 3.8) is 0 Å². The molecule has 1 amide bonds. The van der Waals surface area contributed by atoms with Gasteiger partial charge >= 0.3 is 5.76 Å². The fraction of sp³-hybridized carbons (Fsp3) is 0.0556. The van der Waals surface area contributed by atoms with Gasteiger partial charge in [0.15, 0.2) is 5.58 Å². The molecule has 0 radical (unpaired) electrons. The monoisotopic (exact) mass is 351 g/mol. The molecule has 2 N–H and O–H groups in total. The first-order valence-corrected chi connectivity index (χ1v) is 8.48. The number of aromatic nitrogens is 2. The number of anilines is 1. The zero-order chi connectivity index (χ0) is 17.2. The van der Waals surface area contributed by atoms with Gasteiger partial charge in [-0.3, -0.25) is 9.78 Å². The number of nitrogens with zero attached hydrogens (tertiary/aromatic N) is 1. The fourth-order valence-electron chi connectivity index (χ4n) is 2.49. The van der Waals surface area contributed by atoms with Gasteiger partial charge in [0.25, 0.3) is 0 Å². The van der Waals surface area contributed by atoms with Crippen LogP contribution in [0.15, 0.2) is 63.1 Å². The van der Waals surface area contributed by atoms with Gasteiger partial charge in [-0.1, -0.05) is 30.3 Å². The SMILES string of the molecule is O=C(Cc1csc(-c2ccccc2)n1)Nc1ccc2[nH]c(=O)oc2c1. The summed E-state index contributed by atoms with van der Waals surface area (Å²) < 4.78 is 4.99. The van der Waals surface area contributed by atoms with Crippen molar-refractivity contribution in [3.05, 3.63) is 70.2 Å². The molecule has 7 heteroatoms. The predicted octanol–water partition coefficient (Wildman–Crippen LogP) is 3.43. The minimum absolute atomic E-state index is 0.179. The second-order valence-corrected chi connectivity index (χ2v) is 6.32. The summed E-state index contributed by atoms with van der Waals surface area (Å²) in [5, 5.41) is 5.56. The predicted molar refractivity (Wildman–Crippen MR) is 96.7 cm³/mol. The highest BCUT2D eigenvalue weighted by Crippen LogP contribution is 2.23. The van der Waals surface area contributed by atoms with E-state index in [2.05, 4.69) is 15.3 Å². The number of fused-ring (bicyclic) bond motifs is 1. The largest absolute Gasteiger partial charge is 0.417 e. The molecule has 0 saturated carbocycles. The van der Waals surface area contributed by atoms with Crippen molar-refractivity contribution in [2.75, 3.05) is 5.32 Å². The van der Waals surface area contributed by atoms with Crippen molar-refractivity contribution in [2.45, 2.75) is 6.42 Å². The lowest BCUT2D eigenvalue weighted by atomic mass is 10.2. The first-order valence-electron chi connectivity index (χ1n) is 7.60. The van der Waals surface area contributed by atoms with E-state index in [4.69, 9.17) is 4.42 Å². The molecule has 25 heavy (non-hydrogen) atoms. The summed E-state index contributed by atoms with van der Waals surface area (Å²) in [7, 11) is 0. The molecular weight excluding hydrogens is 338 g/mol. The van der Waals surface area contributed by atoms with Crippen LogP contribution in [0.25, 0.3) is 21.7 Å². The summed E-state index contributed by atoms with van der Waals surface area (Å²) in [6, 6.07) is 14.9. The third-order valence-electron chi connectivity index (χ3n) is 3.62. The number of nitrogens with one attached hydrogen (secondary N) is 2. The molecule has 0 spiro atoms. The fourth-order valence-corrected chi connectivity index (χ4v) is 3.32. The summed E-state index contributed by atoms with van der Waals surface area (Å²) in [6.07, 6.45) is 0.179. The number of carbonyl (C=O) groups excluding carboxylic acids is 1. The molecule has 0 aliphatic rings. The van der Waals surface area contributed by atoms with Crippen LogP contribution in [0.2, 0.25) is 0 Å². The molecule has 4 aromatic rings. The molecule has 0 aliphatic heterocycles. The minimum Gasteiger partial charge on any atom is -0.408 e. The van der Waals surface area contributed by atoms with Crippen LogP contribution in [-0.2, 0) is 11.2 Å². The van der Waals surface area contributed by atoms with Gasteiger partial charge in [0, 0.05) is 22.7 Å². The second-order valence-electron chi connectivity index (χ2n) is 5.46. The molecule has 0 saturated heterocycles. The van der Waals surface area contributed by atoms with Crippen LogP contribution in [0.3, 0.4) is 0 Å². The Hall–Kier alpha value is -3.19. The number of aromatic amines is 1. The van der Waals surface area contributed by atoms with E-state index in [0.29, 0.717) is 16.8 Å². The van der Waals surface area contributed by atoms with Gasteiger partial charge in [-0.2, -0.15) is 0 Å². The smallest absolute Gasteiger partial charge is 0.408 e. The Bertz CT molecular complexity index is 1100. The van der Waals surface area contributed by atoms with Gasteiger partial charge in [-0.15, -0.1) is 11.3 Å². The molecule has 6 nitrogen and oxygen atoms in total. The number of oxazole rings is 1. The maximum absolute atomic E-state index is 12.2. The van der Waals surface area contributed by atoms with Gasteiger partial charge in [-0.05, 0) is 12.1 Å². The number of amides is 1. The molecule has 2 aromatic carbocycles. The quantitative estimate of drug-likeness (QED) is 0.590. The molecule has 0 bridgehead atoms. The third kappa shape index (κ3) is 3.36. The van der Waals surface area contributed by atoms with Crippen molar-refractivity contribution in [3.8, 4) is 10.6 Å². The van der Waals surface area contributed by atoms with Crippen molar-refractivity contribution in [2.24, 2.45) is 0 Å². The number of hydrogen-bond acceptors (Lipinski definition) is 5. The molecule has 4 rings (SSSR count). The maximum atomic E-state index is 12.2. The second kappa shape index (κ2) is 6.37. The van der Waals surface area contributed by atoms with E-state index in [9.17, 15) is 9.59 Å². The van der Waals surface area contributed by atoms with Crippen LogP contribution < -0.4 is 11.1 Å². The molecular formula is C18H13N3O3S. The number of H-pyrrole nitrogens is 1. The molecule has 0 fully saturated rings. The number of hydrogen-bond donors (Lipinski definition) is 2. The highest BCUT2D eigenvalue weighted by molar-refractivity contribution is 7.13. The maximum Gasteiger partial charge on any atom is 0.417 e. The first-order chi connectivity index (χ1) is 12.2. The summed E-state index contributed by atoms with van der Waals surface area (Å²) in [5.41, 5.74) is 3.32. The Balaban J connectivity index is 1.46. The molecule has 2 aromatic heterocycles. The van der Waals surface area contributed by atoms with E-state index in [1.165, 1.54) is 11.3 Å². The van der Waals surface area contributed by atoms with Gasteiger partial charge < -0.3 is 9.73 Å². The lowest BCUT2D eigenvalue weighted by Crippen LogP contribution is -2.14. The summed E-state index contributed by atoms with van der Waals surface area (Å²) >= 11 is 1.51. The van der Waals surface area contributed by atoms with Crippen LogP contribution in [0.4, 0.5) is 5.69 Å².